The van der Waals surface area contributed by atoms with Crippen LogP contribution in [0.15, 0.2) is 18.2 Å². The van der Waals surface area contributed by atoms with Crippen LogP contribution in [0.5, 0.6) is 0 Å². The molecule has 0 aliphatic carbocycles. The number of amides is 1. The van der Waals surface area contributed by atoms with Gasteiger partial charge in [-0.1, -0.05) is 17.7 Å². The van der Waals surface area contributed by atoms with Gasteiger partial charge in [0.05, 0.1) is 6.54 Å². The lowest BCUT2D eigenvalue weighted by atomic mass is 10.1. The fourth-order valence-corrected chi connectivity index (χ4v) is 2.76. The topological polar surface area (TPSA) is 35.6 Å². The van der Waals surface area contributed by atoms with Gasteiger partial charge in [0.25, 0.3) is 0 Å². The van der Waals surface area contributed by atoms with E-state index in [0.717, 1.165) is 43.2 Å². The van der Waals surface area contributed by atoms with E-state index in [-0.39, 0.29) is 5.91 Å². The summed E-state index contributed by atoms with van der Waals surface area (Å²) in [5, 5.41) is 3.49. The summed E-state index contributed by atoms with van der Waals surface area (Å²) in [6.07, 6.45) is 1.06. The molecule has 1 aliphatic heterocycles. The Balaban J connectivity index is 2.02. The Hall–Kier alpha value is -1.26. The molecule has 1 heterocycles. The molecule has 1 amide bonds. The number of carbonyl (C=O) groups is 1. The number of likely N-dealkylation sites (N-methyl/N-ethyl adjacent to an activating group) is 1. The second kappa shape index (κ2) is 6.95. The van der Waals surface area contributed by atoms with Crippen molar-refractivity contribution in [2.45, 2.75) is 13.3 Å². The van der Waals surface area contributed by atoms with Crippen LogP contribution < -0.4 is 10.2 Å². The van der Waals surface area contributed by atoms with Gasteiger partial charge in [-0.3, -0.25) is 9.69 Å². The van der Waals surface area contributed by atoms with E-state index in [9.17, 15) is 4.79 Å². The zero-order valence-corrected chi connectivity index (χ0v) is 12.9. The van der Waals surface area contributed by atoms with Gasteiger partial charge in [0.2, 0.25) is 5.91 Å². The number of carbonyl (C=O) groups excluding carboxylic acids is 1. The van der Waals surface area contributed by atoms with Crippen LogP contribution in [-0.4, -0.2) is 50.6 Å². The number of rotatable bonds is 3. The third kappa shape index (κ3) is 3.64. The summed E-state index contributed by atoms with van der Waals surface area (Å²) in [6.45, 7) is 6.34. The molecule has 1 aliphatic rings. The zero-order chi connectivity index (χ0) is 14.5. The highest BCUT2D eigenvalue weighted by atomic mass is 35.5. The molecule has 1 saturated heterocycles. The Morgan fingerprint density at radius 3 is 2.85 bits per heavy atom. The second-order valence-electron chi connectivity index (χ2n) is 5.17. The Labute approximate surface area is 125 Å². The van der Waals surface area contributed by atoms with Gasteiger partial charge in [0, 0.05) is 43.9 Å². The molecule has 2 rings (SSSR count). The first-order valence-electron chi connectivity index (χ1n) is 7.05. The minimum atomic E-state index is 0.0809. The average Bonchev–Trinajstić information content (AvgIpc) is 2.67. The summed E-state index contributed by atoms with van der Waals surface area (Å²) in [6, 6.07) is 6.05. The lowest BCUT2D eigenvalue weighted by Gasteiger charge is -2.25. The lowest BCUT2D eigenvalue weighted by molar-refractivity contribution is -0.121. The molecule has 0 unspecified atom stereocenters. The van der Waals surface area contributed by atoms with Crippen molar-refractivity contribution in [2.24, 2.45) is 0 Å². The molecule has 0 saturated carbocycles. The van der Waals surface area contributed by atoms with Gasteiger partial charge in [-0.2, -0.15) is 0 Å². The van der Waals surface area contributed by atoms with E-state index in [1.807, 2.05) is 12.1 Å². The third-order valence-corrected chi connectivity index (χ3v) is 4.22. The third-order valence-electron chi connectivity index (χ3n) is 3.81. The van der Waals surface area contributed by atoms with Crippen LogP contribution in [0.25, 0.3) is 0 Å². The predicted octanol–water partition coefficient (Wildman–Crippen LogP) is 1.91. The van der Waals surface area contributed by atoms with E-state index in [1.54, 1.807) is 7.05 Å². The normalized spacial score (nSPS) is 16.9. The lowest BCUT2D eigenvalue weighted by Crippen LogP contribution is -2.38. The van der Waals surface area contributed by atoms with Gasteiger partial charge in [-0.05, 0) is 31.0 Å². The summed E-state index contributed by atoms with van der Waals surface area (Å²) >= 11 is 6.20. The highest BCUT2D eigenvalue weighted by molar-refractivity contribution is 6.31. The number of nitrogens with zero attached hydrogens (tertiary/aromatic N) is 2. The van der Waals surface area contributed by atoms with Crippen LogP contribution in [0.3, 0.4) is 0 Å². The van der Waals surface area contributed by atoms with Crippen molar-refractivity contribution in [3.63, 3.8) is 0 Å². The molecule has 1 fully saturated rings. The van der Waals surface area contributed by atoms with Crippen LogP contribution >= 0.6 is 11.6 Å². The standard InChI is InChI=1S/C15H22ClN3O/c1-12-13(16)5-3-6-14(12)19-8-4-7-18(9-10-19)11-15(20)17-2/h3,5-6H,4,7-11H2,1-2H3,(H,17,20). The predicted molar refractivity (Wildman–Crippen MR) is 83.5 cm³/mol. The van der Waals surface area contributed by atoms with Crippen LogP contribution in [0, 0.1) is 6.92 Å². The van der Waals surface area contributed by atoms with Crippen molar-refractivity contribution in [1.82, 2.24) is 10.2 Å². The molecule has 5 heteroatoms. The van der Waals surface area contributed by atoms with Gasteiger partial charge in [0.1, 0.15) is 0 Å². The van der Waals surface area contributed by atoms with Crippen molar-refractivity contribution in [1.29, 1.82) is 0 Å². The fourth-order valence-electron chi connectivity index (χ4n) is 2.59. The first-order valence-corrected chi connectivity index (χ1v) is 7.42. The smallest absolute Gasteiger partial charge is 0.233 e. The van der Waals surface area contributed by atoms with Crippen molar-refractivity contribution in [3.05, 3.63) is 28.8 Å². The molecule has 1 aromatic rings. The molecule has 1 aromatic carbocycles. The summed E-state index contributed by atoms with van der Waals surface area (Å²) in [4.78, 5) is 16.0. The fraction of sp³-hybridized carbons (Fsp3) is 0.533. The van der Waals surface area contributed by atoms with Gasteiger partial charge in [-0.25, -0.2) is 0 Å². The van der Waals surface area contributed by atoms with Gasteiger partial charge in [0.15, 0.2) is 0 Å². The molecule has 1 N–H and O–H groups in total. The Morgan fingerprint density at radius 2 is 2.10 bits per heavy atom. The second-order valence-corrected chi connectivity index (χ2v) is 5.58. The van der Waals surface area contributed by atoms with Crippen LogP contribution in [0.4, 0.5) is 5.69 Å². The summed E-state index contributed by atoms with van der Waals surface area (Å²) in [7, 11) is 1.68. The zero-order valence-electron chi connectivity index (χ0n) is 12.2. The molecule has 4 nitrogen and oxygen atoms in total. The van der Waals surface area contributed by atoms with E-state index in [4.69, 9.17) is 11.6 Å². The van der Waals surface area contributed by atoms with Crippen LogP contribution in [0.1, 0.15) is 12.0 Å². The summed E-state index contributed by atoms with van der Waals surface area (Å²) in [5.41, 5.74) is 2.34. The SMILES string of the molecule is CNC(=O)CN1CCCN(c2cccc(Cl)c2C)CC1. The Kier molecular flexibility index (Phi) is 5.26. The highest BCUT2D eigenvalue weighted by Crippen LogP contribution is 2.27. The Bertz CT molecular complexity index is 478. The van der Waals surface area contributed by atoms with E-state index in [2.05, 4.69) is 28.1 Å². The largest absolute Gasteiger partial charge is 0.370 e. The van der Waals surface area contributed by atoms with Crippen LogP contribution in [0.2, 0.25) is 5.02 Å². The van der Waals surface area contributed by atoms with Gasteiger partial charge in [-0.15, -0.1) is 0 Å². The molecule has 110 valence electrons. The number of halogens is 1. The molecule has 0 radical (unpaired) electrons. The number of benzene rings is 1. The quantitative estimate of drug-likeness (QED) is 0.925. The first kappa shape index (κ1) is 15.1. The van der Waals surface area contributed by atoms with Crippen molar-refractivity contribution < 1.29 is 4.79 Å². The maximum atomic E-state index is 11.5. The maximum absolute atomic E-state index is 11.5. The number of hydrogen-bond donors (Lipinski definition) is 1. The van der Waals surface area contributed by atoms with E-state index < -0.39 is 0 Å². The molecule has 0 atom stereocenters. The molecular formula is C15H22ClN3O. The van der Waals surface area contributed by atoms with Gasteiger partial charge >= 0.3 is 0 Å². The van der Waals surface area contributed by atoms with Gasteiger partial charge < -0.3 is 10.2 Å². The van der Waals surface area contributed by atoms with Crippen molar-refractivity contribution >= 4 is 23.2 Å². The monoisotopic (exact) mass is 295 g/mol. The molecule has 0 spiro atoms. The highest BCUT2D eigenvalue weighted by Gasteiger charge is 2.18. The summed E-state index contributed by atoms with van der Waals surface area (Å²) < 4.78 is 0. The summed E-state index contributed by atoms with van der Waals surface area (Å²) in [5.74, 6) is 0.0809. The molecule has 0 bridgehead atoms. The maximum Gasteiger partial charge on any atom is 0.233 e. The minimum absolute atomic E-state index is 0.0809. The molecular weight excluding hydrogens is 274 g/mol. The Morgan fingerprint density at radius 1 is 1.30 bits per heavy atom. The minimum Gasteiger partial charge on any atom is -0.370 e. The molecule has 0 aromatic heterocycles. The van der Waals surface area contributed by atoms with E-state index in [0.29, 0.717) is 6.54 Å². The van der Waals surface area contributed by atoms with E-state index >= 15 is 0 Å². The van der Waals surface area contributed by atoms with Crippen molar-refractivity contribution in [3.8, 4) is 0 Å². The number of nitrogens with one attached hydrogen (secondary N) is 1. The number of anilines is 1. The first-order chi connectivity index (χ1) is 9.61. The van der Waals surface area contributed by atoms with Crippen molar-refractivity contribution in [2.75, 3.05) is 44.7 Å². The average molecular weight is 296 g/mol. The molecule has 20 heavy (non-hydrogen) atoms. The van der Waals surface area contributed by atoms with Crippen LogP contribution in [-0.2, 0) is 4.79 Å². The number of hydrogen-bond acceptors (Lipinski definition) is 3. The van der Waals surface area contributed by atoms with E-state index in [1.165, 1.54) is 5.69 Å².